The molecule has 246 valence electrons. The Kier molecular flexibility index (Phi) is 14.2. The van der Waals surface area contributed by atoms with Crippen LogP contribution in [0.25, 0.3) is 0 Å². The molecule has 0 spiro atoms. The number of allylic oxidation sites excluding steroid dienone is 1. The fourth-order valence-electron chi connectivity index (χ4n) is 4.89. The molecule has 0 bridgehead atoms. The van der Waals surface area contributed by atoms with E-state index in [4.69, 9.17) is 16.6 Å². The first kappa shape index (κ1) is 37.1. The highest BCUT2D eigenvalue weighted by atomic mass is 32.2. The third kappa shape index (κ3) is 10.2. The lowest BCUT2D eigenvalue weighted by Crippen LogP contribution is -2.50. The second kappa shape index (κ2) is 16.8. The zero-order valence-electron chi connectivity index (χ0n) is 25.1. The smallest absolute Gasteiger partial charge is 0.353 e. The van der Waals surface area contributed by atoms with Crippen LogP contribution in [0.1, 0.15) is 52.9 Å². The Bertz CT molecular complexity index is 1190. The van der Waals surface area contributed by atoms with Crippen LogP contribution >= 0.6 is 23.5 Å². The average Bonchev–Trinajstić information content (AvgIpc) is 3.42. The monoisotopic (exact) mass is 657 g/mol. The van der Waals surface area contributed by atoms with Crippen LogP contribution in [0.2, 0.25) is 0 Å². The van der Waals surface area contributed by atoms with Crippen molar-refractivity contribution >= 4 is 59.6 Å². The van der Waals surface area contributed by atoms with Crippen molar-refractivity contribution in [2.24, 2.45) is 33.7 Å². The number of thioether (sulfide) groups is 2. The van der Waals surface area contributed by atoms with Crippen molar-refractivity contribution < 1.29 is 44.4 Å². The van der Waals surface area contributed by atoms with Crippen LogP contribution in [0.4, 0.5) is 0 Å². The average molecular weight is 658 g/mol. The number of unbranched alkanes of at least 4 members (excludes halogenated alkanes) is 2. The fourth-order valence-corrected chi connectivity index (χ4v) is 6.91. The molecule has 0 saturated heterocycles. The number of carbonyl (C=O) groups excluding carboxylic acids is 2. The molecule has 1 aliphatic heterocycles. The summed E-state index contributed by atoms with van der Waals surface area (Å²) in [6, 6.07) is -2.21. The van der Waals surface area contributed by atoms with Gasteiger partial charge < -0.3 is 37.2 Å². The number of hydrogen-bond donors (Lipinski definition) is 7. The maximum atomic E-state index is 14.1. The lowest BCUT2D eigenvalue weighted by Gasteiger charge is -2.32. The maximum Gasteiger partial charge on any atom is 0.353 e. The Balaban J connectivity index is 2.39. The molecular weight excluding hydrogens is 614 g/mol. The van der Waals surface area contributed by atoms with E-state index < -0.39 is 59.5 Å². The third-order valence-electron chi connectivity index (χ3n) is 7.50. The van der Waals surface area contributed by atoms with Gasteiger partial charge in [0.2, 0.25) is 5.91 Å². The van der Waals surface area contributed by atoms with Crippen LogP contribution in [0.5, 0.6) is 0 Å². The van der Waals surface area contributed by atoms with Gasteiger partial charge in [-0.2, -0.15) is 11.8 Å². The van der Waals surface area contributed by atoms with Crippen LogP contribution in [-0.2, 0) is 24.0 Å². The van der Waals surface area contributed by atoms with Gasteiger partial charge in [-0.05, 0) is 43.8 Å². The van der Waals surface area contributed by atoms with E-state index in [2.05, 4.69) is 10.3 Å². The van der Waals surface area contributed by atoms with Gasteiger partial charge in [-0.3, -0.25) is 29.1 Å². The predicted molar refractivity (Wildman–Crippen MR) is 168 cm³/mol. The highest BCUT2D eigenvalue weighted by Crippen LogP contribution is 2.51. The second-order valence-corrected chi connectivity index (χ2v) is 13.7. The highest BCUT2D eigenvalue weighted by Gasteiger charge is 2.52. The Morgan fingerprint density at radius 3 is 2.32 bits per heavy atom. The first-order valence-electron chi connectivity index (χ1n) is 14.2. The molecule has 0 aromatic heterocycles. The van der Waals surface area contributed by atoms with Crippen LogP contribution in [0, 0.1) is 17.3 Å². The Morgan fingerprint density at radius 2 is 1.80 bits per heavy atom. The normalized spacial score (nSPS) is 21.7. The molecule has 2 amide bonds. The molecule has 14 nitrogen and oxygen atoms in total. The number of amides is 2. The molecule has 0 radical (unpaired) electrons. The fraction of sp³-hybridized carbons (Fsp3) is 0.643. The van der Waals surface area contributed by atoms with Crippen molar-refractivity contribution in [3.05, 3.63) is 22.4 Å². The molecule has 2 aliphatic rings. The van der Waals surface area contributed by atoms with E-state index >= 15 is 0 Å². The van der Waals surface area contributed by atoms with Gasteiger partial charge in [0.25, 0.3) is 5.91 Å². The molecular formula is C28H43N5O9S2. The van der Waals surface area contributed by atoms with Crippen LogP contribution in [0.15, 0.2) is 27.4 Å². The summed E-state index contributed by atoms with van der Waals surface area (Å²) in [6.07, 6.45) is 3.21. The zero-order valence-corrected chi connectivity index (χ0v) is 26.7. The Morgan fingerprint density at radius 1 is 1.14 bits per heavy atom. The number of rotatable bonds is 19. The van der Waals surface area contributed by atoms with Gasteiger partial charge in [-0.15, -0.1) is 11.8 Å². The second-order valence-electron chi connectivity index (χ2n) is 11.4. The van der Waals surface area contributed by atoms with Gasteiger partial charge >= 0.3 is 17.9 Å². The van der Waals surface area contributed by atoms with Gasteiger partial charge in [0.1, 0.15) is 23.4 Å². The molecule has 1 saturated carbocycles. The van der Waals surface area contributed by atoms with E-state index in [1.54, 1.807) is 0 Å². The molecule has 1 aliphatic carbocycles. The molecule has 16 heteroatoms. The van der Waals surface area contributed by atoms with Gasteiger partial charge in [0.05, 0.1) is 25.0 Å². The maximum absolute atomic E-state index is 14.1. The SMILES string of the molecule is C[C@@H](O)[C@@H](C(=O)O)[C@H]1CC(SCCN=CN)=C(C(=O)O)N1C(=O)/C(=C/CCCCSC[C@H](N)C(=O)O)NC(=O)[C@H]1CC1(C)C. The molecule has 0 aromatic rings. The number of aliphatic carboxylic acids is 3. The molecule has 1 fully saturated rings. The number of nitrogens with two attached hydrogens (primary N) is 2. The van der Waals surface area contributed by atoms with Crippen LogP contribution in [0.3, 0.4) is 0 Å². The summed E-state index contributed by atoms with van der Waals surface area (Å²) in [5.74, 6) is -5.91. The first-order chi connectivity index (χ1) is 20.6. The number of aliphatic hydroxyl groups is 1. The summed E-state index contributed by atoms with van der Waals surface area (Å²) in [5.41, 5.74) is 9.95. The predicted octanol–water partition coefficient (Wildman–Crippen LogP) is 1.05. The molecule has 5 atom stereocenters. The van der Waals surface area contributed by atoms with Crippen LogP contribution < -0.4 is 16.8 Å². The summed E-state index contributed by atoms with van der Waals surface area (Å²) >= 11 is 2.49. The van der Waals surface area contributed by atoms with Gasteiger partial charge in [0.15, 0.2) is 0 Å². The molecule has 0 aromatic carbocycles. The van der Waals surface area contributed by atoms with E-state index in [1.165, 1.54) is 24.8 Å². The number of nitrogens with zero attached hydrogens (tertiary/aromatic N) is 2. The quantitative estimate of drug-likeness (QED) is 0.0445. The van der Waals surface area contributed by atoms with E-state index in [0.717, 1.165) is 23.0 Å². The molecule has 0 unspecified atom stereocenters. The summed E-state index contributed by atoms with van der Waals surface area (Å²) in [4.78, 5) is 67.9. The summed E-state index contributed by atoms with van der Waals surface area (Å²) in [6.45, 7) is 5.35. The number of aliphatic imine (C=N–C) groups is 1. The van der Waals surface area contributed by atoms with E-state index in [1.807, 2.05) is 13.8 Å². The van der Waals surface area contributed by atoms with E-state index in [-0.39, 0.29) is 40.7 Å². The van der Waals surface area contributed by atoms with Crippen molar-refractivity contribution in [3.8, 4) is 0 Å². The van der Waals surface area contributed by atoms with Crippen molar-refractivity contribution in [3.63, 3.8) is 0 Å². The van der Waals surface area contributed by atoms with E-state index in [0.29, 0.717) is 37.2 Å². The number of carboxylic acid groups (broad SMARTS) is 3. The largest absolute Gasteiger partial charge is 0.481 e. The summed E-state index contributed by atoms with van der Waals surface area (Å²) in [7, 11) is 0. The van der Waals surface area contributed by atoms with Crippen molar-refractivity contribution in [2.45, 2.75) is 71.1 Å². The third-order valence-corrected chi connectivity index (χ3v) is 9.77. The van der Waals surface area contributed by atoms with Gasteiger partial charge in [-0.25, -0.2) is 4.79 Å². The van der Waals surface area contributed by atoms with Crippen molar-refractivity contribution in [1.29, 1.82) is 0 Å². The molecule has 1 heterocycles. The highest BCUT2D eigenvalue weighted by molar-refractivity contribution is 8.03. The minimum atomic E-state index is -1.51. The van der Waals surface area contributed by atoms with Crippen molar-refractivity contribution in [2.75, 3.05) is 23.8 Å². The number of nitrogens with one attached hydrogen (secondary N) is 1. The molecule has 9 N–H and O–H groups in total. The van der Waals surface area contributed by atoms with E-state index in [9.17, 15) is 39.3 Å². The molecule has 2 rings (SSSR count). The standard InChI is InChI=1S/C28H43N5O9S2/c1-15(34)21(26(39)40)19-11-20(44-10-8-31-14-29)22(27(41)42)33(19)24(36)18(32-23(35)16-12-28(16,2)3)7-5-4-6-9-43-13-17(30)25(37)38/h7,14-17,19,21,34H,4-6,8-13,30H2,1-3H3,(H2,29,31)(H,32,35)(H,37,38)(H,39,40)(H,41,42)/b18-7-/t15-,16-,17+,19-,21-/m1/s1. The topological polar surface area (TPSA) is 246 Å². The first-order valence-corrected chi connectivity index (χ1v) is 16.4. The van der Waals surface area contributed by atoms with Crippen molar-refractivity contribution in [1.82, 2.24) is 10.2 Å². The number of aliphatic hydroxyl groups excluding tert-OH is 1. The molecule has 44 heavy (non-hydrogen) atoms. The Labute approximate surface area is 264 Å². The number of carbonyl (C=O) groups is 5. The van der Waals surface area contributed by atoms with Gasteiger partial charge in [-0.1, -0.05) is 19.9 Å². The zero-order chi connectivity index (χ0) is 33.2. The number of carboxylic acids is 3. The summed E-state index contributed by atoms with van der Waals surface area (Å²) < 4.78 is 0. The minimum absolute atomic E-state index is 0.126. The number of hydrogen-bond acceptors (Lipinski definition) is 10. The summed E-state index contributed by atoms with van der Waals surface area (Å²) in [5, 5.41) is 42.1. The minimum Gasteiger partial charge on any atom is -0.481 e. The lowest BCUT2D eigenvalue weighted by molar-refractivity contribution is -0.151. The van der Waals surface area contributed by atoms with Crippen LogP contribution in [-0.4, -0.2) is 103 Å². The Hall–Kier alpha value is -3.08. The van der Waals surface area contributed by atoms with Gasteiger partial charge in [0, 0.05) is 28.7 Å². The lowest BCUT2D eigenvalue weighted by atomic mass is 9.92.